The van der Waals surface area contributed by atoms with E-state index in [2.05, 4.69) is 48.3 Å². The number of aryl methyl sites for hydroxylation is 2. The summed E-state index contributed by atoms with van der Waals surface area (Å²) in [6.45, 7) is 8.72. The smallest absolute Gasteiger partial charge is 0.328 e. The second-order valence-corrected chi connectivity index (χ2v) is 7.62. The van der Waals surface area contributed by atoms with Crippen molar-refractivity contribution in [2.24, 2.45) is 7.05 Å². The van der Waals surface area contributed by atoms with Gasteiger partial charge in [0.2, 0.25) is 0 Å². The van der Waals surface area contributed by atoms with Crippen LogP contribution in [0.2, 0.25) is 0 Å². The molecule has 1 aromatic heterocycles. The van der Waals surface area contributed by atoms with E-state index in [1.165, 1.54) is 5.69 Å². The van der Waals surface area contributed by atoms with Crippen molar-refractivity contribution in [3.8, 4) is 0 Å². The zero-order valence-electron chi connectivity index (χ0n) is 17.0. The number of hydrogen-bond donors (Lipinski definition) is 1. The van der Waals surface area contributed by atoms with Crippen molar-refractivity contribution in [3.05, 3.63) is 52.9 Å². The second-order valence-electron chi connectivity index (χ2n) is 7.62. The minimum atomic E-state index is 0.0213. The molecule has 1 N–H and O–H groups in total. The van der Waals surface area contributed by atoms with E-state index in [9.17, 15) is 4.79 Å². The van der Waals surface area contributed by atoms with E-state index in [1.54, 1.807) is 9.13 Å². The highest BCUT2D eigenvalue weighted by Gasteiger charge is 2.22. The molecule has 2 aromatic carbocycles. The summed E-state index contributed by atoms with van der Waals surface area (Å²) < 4.78 is 9.32. The van der Waals surface area contributed by atoms with Crippen molar-refractivity contribution in [1.82, 2.24) is 9.13 Å². The van der Waals surface area contributed by atoms with Crippen LogP contribution in [0.25, 0.3) is 11.0 Å². The zero-order valence-corrected chi connectivity index (χ0v) is 17.0. The maximum Gasteiger partial charge on any atom is 0.328 e. The normalized spacial score (nSPS) is 19.9. The highest BCUT2D eigenvalue weighted by atomic mass is 16.5. The third-order valence-electron chi connectivity index (χ3n) is 5.40. The molecule has 1 aliphatic heterocycles. The Bertz CT molecular complexity index is 1030. The fraction of sp³-hybridized carbons (Fsp3) is 0.409. The lowest BCUT2D eigenvalue weighted by Crippen LogP contribution is -2.45. The first kappa shape index (κ1) is 18.6. The molecule has 1 aliphatic rings. The molecule has 4 rings (SSSR count). The summed E-state index contributed by atoms with van der Waals surface area (Å²) in [5.41, 5.74) is 5.13. The number of imidazole rings is 1. The SMILES string of the molecule is CCn1c(=O)n(C)c2cc(Nc3ccc(N4CC(C)OC(C)C4)cc3)ccc21. The van der Waals surface area contributed by atoms with Crippen LogP contribution < -0.4 is 15.9 Å². The van der Waals surface area contributed by atoms with Crippen molar-refractivity contribution in [3.63, 3.8) is 0 Å². The molecule has 148 valence electrons. The lowest BCUT2D eigenvalue weighted by Gasteiger charge is -2.36. The monoisotopic (exact) mass is 380 g/mol. The predicted molar refractivity (Wildman–Crippen MR) is 115 cm³/mol. The zero-order chi connectivity index (χ0) is 19.8. The maximum atomic E-state index is 12.3. The number of nitrogens with zero attached hydrogens (tertiary/aromatic N) is 3. The molecule has 2 atom stereocenters. The topological polar surface area (TPSA) is 51.4 Å². The van der Waals surface area contributed by atoms with Crippen molar-refractivity contribution in [2.45, 2.75) is 39.5 Å². The number of anilines is 3. The van der Waals surface area contributed by atoms with Crippen molar-refractivity contribution in [2.75, 3.05) is 23.3 Å². The van der Waals surface area contributed by atoms with E-state index < -0.39 is 0 Å². The number of rotatable bonds is 4. The van der Waals surface area contributed by atoms with Crippen LogP contribution in [-0.2, 0) is 18.3 Å². The van der Waals surface area contributed by atoms with E-state index >= 15 is 0 Å². The Hall–Kier alpha value is -2.73. The molecule has 0 aliphatic carbocycles. The predicted octanol–water partition coefficient (Wildman–Crippen LogP) is 3.72. The van der Waals surface area contributed by atoms with Crippen LogP contribution in [0.1, 0.15) is 20.8 Å². The number of benzene rings is 2. The molecule has 0 saturated carbocycles. The molecule has 6 heteroatoms. The van der Waals surface area contributed by atoms with Gasteiger partial charge in [0.25, 0.3) is 0 Å². The third-order valence-corrected chi connectivity index (χ3v) is 5.40. The summed E-state index contributed by atoms with van der Waals surface area (Å²) in [7, 11) is 1.82. The van der Waals surface area contributed by atoms with Gasteiger partial charge in [0.05, 0.1) is 23.2 Å². The van der Waals surface area contributed by atoms with Gasteiger partial charge in [-0.2, -0.15) is 0 Å². The molecule has 0 amide bonds. The Morgan fingerprint density at radius 3 is 2.29 bits per heavy atom. The van der Waals surface area contributed by atoms with Gasteiger partial charge in [-0.15, -0.1) is 0 Å². The van der Waals surface area contributed by atoms with Crippen LogP contribution in [-0.4, -0.2) is 34.4 Å². The van der Waals surface area contributed by atoms with Crippen LogP contribution >= 0.6 is 0 Å². The average Bonchev–Trinajstić information content (AvgIpc) is 2.91. The fourth-order valence-corrected chi connectivity index (χ4v) is 4.10. The number of nitrogens with one attached hydrogen (secondary N) is 1. The van der Waals surface area contributed by atoms with E-state index in [0.717, 1.165) is 35.5 Å². The first-order valence-corrected chi connectivity index (χ1v) is 9.93. The van der Waals surface area contributed by atoms with Crippen LogP contribution in [0, 0.1) is 0 Å². The number of aromatic nitrogens is 2. The van der Waals surface area contributed by atoms with Gasteiger partial charge in [-0.1, -0.05) is 0 Å². The highest BCUT2D eigenvalue weighted by molar-refractivity contribution is 5.81. The van der Waals surface area contributed by atoms with Gasteiger partial charge in [-0.3, -0.25) is 9.13 Å². The Balaban J connectivity index is 1.54. The van der Waals surface area contributed by atoms with E-state index in [1.807, 2.05) is 32.2 Å². The Morgan fingerprint density at radius 2 is 1.64 bits per heavy atom. The largest absolute Gasteiger partial charge is 0.372 e. The second kappa shape index (κ2) is 7.36. The summed E-state index contributed by atoms with van der Waals surface area (Å²) in [6.07, 6.45) is 0.491. The number of hydrogen-bond acceptors (Lipinski definition) is 4. The van der Waals surface area contributed by atoms with Gasteiger partial charge in [0, 0.05) is 43.7 Å². The first-order chi connectivity index (χ1) is 13.5. The standard InChI is InChI=1S/C22H28N4O2/c1-5-26-20-11-8-18(12-21(20)24(4)22(26)27)23-17-6-9-19(10-7-17)25-13-15(2)28-16(3)14-25/h6-12,15-16,23H,5,13-14H2,1-4H3. The molecule has 0 spiro atoms. The Morgan fingerprint density at radius 1 is 1.00 bits per heavy atom. The summed E-state index contributed by atoms with van der Waals surface area (Å²) in [5.74, 6) is 0. The molecule has 1 fully saturated rings. The lowest BCUT2D eigenvalue weighted by molar-refractivity contribution is -0.00521. The van der Waals surface area contributed by atoms with Gasteiger partial charge in [0.1, 0.15) is 0 Å². The summed E-state index contributed by atoms with van der Waals surface area (Å²) >= 11 is 0. The average molecular weight is 380 g/mol. The van der Waals surface area contributed by atoms with Gasteiger partial charge in [-0.05, 0) is 63.2 Å². The molecule has 2 unspecified atom stereocenters. The number of morpholine rings is 1. The van der Waals surface area contributed by atoms with Crippen LogP contribution in [0.4, 0.5) is 17.1 Å². The van der Waals surface area contributed by atoms with Crippen LogP contribution in [0.3, 0.4) is 0 Å². The molecule has 6 nitrogen and oxygen atoms in total. The van der Waals surface area contributed by atoms with Crippen molar-refractivity contribution >= 4 is 28.1 Å². The number of fused-ring (bicyclic) bond motifs is 1. The van der Waals surface area contributed by atoms with E-state index in [0.29, 0.717) is 6.54 Å². The molecule has 0 radical (unpaired) electrons. The minimum absolute atomic E-state index is 0.0213. The minimum Gasteiger partial charge on any atom is -0.372 e. The molecular formula is C22H28N4O2. The lowest BCUT2D eigenvalue weighted by atomic mass is 10.2. The number of ether oxygens (including phenoxy) is 1. The summed E-state index contributed by atoms with van der Waals surface area (Å²) in [6, 6.07) is 14.5. The molecule has 0 bridgehead atoms. The van der Waals surface area contributed by atoms with Crippen molar-refractivity contribution < 1.29 is 4.74 Å². The van der Waals surface area contributed by atoms with Gasteiger partial charge < -0.3 is 15.0 Å². The molecular weight excluding hydrogens is 352 g/mol. The third kappa shape index (κ3) is 3.40. The van der Waals surface area contributed by atoms with Crippen LogP contribution in [0.15, 0.2) is 47.3 Å². The van der Waals surface area contributed by atoms with E-state index in [4.69, 9.17) is 4.74 Å². The summed E-state index contributed by atoms with van der Waals surface area (Å²) in [5, 5.41) is 3.45. The Kier molecular flexibility index (Phi) is 4.89. The highest BCUT2D eigenvalue weighted by Crippen LogP contribution is 2.25. The van der Waals surface area contributed by atoms with Gasteiger partial charge in [-0.25, -0.2) is 4.79 Å². The quantitative estimate of drug-likeness (QED) is 0.750. The van der Waals surface area contributed by atoms with Crippen LogP contribution in [0.5, 0.6) is 0 Å². The first-order valence-electron chi connectivity index (χ1n) is 9.93. The fourth-order valence-electron chi connectivity index (χ4n) is 4.10. The summed E-state index contributed by atoms with van der Waals surface area (Å²) in [4.78, 5) is 14.7. The molecule has 2 heterocycles. The van der Waals surface area contributed by atoms with E-state index in [-0.39, 0.29) is 17.9 Å². The molecule has 1 saturated heterocycles. The van der Waals surface area contributed by atoms with Gasteiger partial charge >= 0.3 is 5.69 Å². The molecule has 3 aromatic rings. The maximum absolute atomic E-state index is 12.3. The van der Waals surface area contributed by atoms with Gasteiger partial charge in [0.15, 0.2) is 0 Å². The molecule has 28 heavy (non-hydrogen) atoms. The Labute approximate surface area is 165 Å². The van der Waals surface area contributed by atoms with Crippen molar-refractivity contribution in [1.29, 1.82) is 0 Å².